The summed E-state index contributed by atoms with van der Waals surface area (Å²) in [6.45, 7) is 1.79. The molecule has 0 saturated heterocycles. The van der Waals surface area contributed by atoms with E-state index in [-0.39, 0.29) is 17.7 Å². The molecular formula is C15H20N2O6. The molecule has 0 spiro atoms. The minimum Gasteiger partial charge on any atom is -0.450 e. The van der Waals surface area contributed by atoms with Gasteiger partial charge < -0.3 is 14.1 Å². The van der Waals surface area contributed by atoms with Crippen LogP contribution >= 0.6 is 0 Å². The highest BCUT2D eigenvalue weighted by molar-refractivity contribution is 5.89. The summed E-state index contributed by atoms with van der Waals surface area (Å²) in [4.78, 5) is 35.2. The highest BCUT2D eigenvalue weighted by Gasteiger charge is 2.26. The molecule has 0 aliphatic heterocycles. The molecule has 1 fully saturated rings. The third kappa shape index (κ3) is 4.30. The van der Waals surface area contributed by atoms with Crippen molar-refractivity contribution in [1.82, 2.24) is 4.90 Å². The largest absolute Gasteiger partial charge is 0.450 e. The van der Waals surface area contributed by atoms with Gasteiger partial charge in [0.1, 0.15) is 4.92 Å². The zero-order valence-electron chi connectivity index (χ0n) is 13.2. The minimum atomic E-state index is -0.892. The number of esters is 1. The van der Waals surface area contributed by atoms with Crippen LogP contribution in [0.1, 0.15) is 43.2 Å². The molecule has 1 aromatic rings. The summed E-state index contributed by atoms with van der Waals surface area (Å²) < 4.78 is 9.60. The Labute approximate surface area is 133 Å². The molecule has 0 radical (unpaired) electrons. The number of rotatable bonds is 5. The van der Waals surface area contributed by atoms with Crippen LogP contribution in [0.15, 0.2) is 16.5 Å². The van der Waals surface area contributed by atoms with Crippen molar-refractivity contribution in [3.05, 3.63) is 28.0 Å². The van der Waals surface area contributed by atoms with E-state index in [1.54, 1.807) is 11.9 Å². The van der Waals surface area contributed by atoms with Crippen LogP contribution in [0.4, 0.5) is 5.88 Å². The van der Waals surface area contributed by atoms with Gasteiger partial charge in [-0.2, -0.15) is 0 Å². The third-order valence-electron chi connectivity index (χ3n) is 4.23. The average molecular weight is 324 g/mol. The van der Waals surface area contributed by atoms with Crippen LogP contribution in [0.2, 0.25) is 0 Å². The van der Waals surface area contributed by atoms with Crippen LogP contribution in [-0.4, -0.2) is 41.4 Å². The van der Waals surface area contributed by atoms with Gasteiger partial charge in [0.15, 0.2) is 6.61 Å². The maximum atomic E-state index is 12.1. The van der Waals surface area contributed by atoms with Crippen LogP contribution in [0.5, 0.6) is 0 Å². The number of hydrogen-bond acceptors (Lipinski definition) is 6. The third-order valence-corrected chi connectivity index (χ3v) is 4.23. The first-order valence-corrected chi connectivity index (χ1v) is 7.55. The summed E-state index contributed by atoms with van der Waals surface area (Å²) in [5.74, 6) is -1.34. The molecule has 0 N–H and O–H groups in total. The lowest BCUT2D eigenvalue weighted by molar-refractivity contribution is -0.402. The normalized spacial score (nSPS) is 20.8. The number of amides is 1. The molecule has 0 atom stereocenters. The van der Waals surface area contributed by atoms with E-state index in [0.29, 0.717) is 5.92 Å². The second kappa shape index (κ2) is 7.26. The number of carbonyl (C=O) groups excluding carboxylic acids is 2. The molecule has 0 bridgehead atoms. The average Bonchev–Trinajstić information content (AvgIpc) is 3.02. The molecule has 0 aromatic carbocycles. The minimum absolute atomic E-state index is 0.169. The first kappa shape index (κ1) is 17.0. The van der Waals surface area contributed by atoms with E-state index in [9.17, 15) is 19.7 Å². The number of nitrogens with zero attached hydrogens (tertiary/aromatic N) is 2. The number of furan rings is 1. The lowest BCUT2D eigenvalue weighted by atomic mass is 9.87. The van der Waals surface area contributed by atoms with Crippen molar-refractivity contribution < 1.29 is 23.7 Å². The van der Waals surface area contributed by atoms with Gasteiger partial charge in [0.25, 0.3) is 5.91 Å². The number of ether oxygens (including phenoxy) is 1. The molecule has 126 valence electrons. The van der Waals surface area contributed by atoms with E-state index in [1.807, 2.05) is 0 Å². The standard InChI is InChI=1S/C15H20N2O6/c1-10-3-5-11(6-4-10)16(2)13(18)9-22-15(19)12-7-8-14(23-12)17(20)21/h7-8,10-11H,3-6,9H2,1-2H3. The van der Waals surface area contributed by atoms with Gasteiger partial charge >= 0.3 is 11.9 Å². The van der Waals surface area contributed by atoms with Crippen LogP contribution in [0, 0.1) is 16.0 Å². The number of likely N-dealkylation sites (N-methyl/N-ethyl adjacent to an activating group) is 1. The van der Waals surface area contributed by atoms with Crippen molar-refractivity contribution in [2.24, 2.45) is 5.92 Å². The molecule has 1 amide bonds. The fourth-order valence-electron chi connectivity index (χ4n) is 2.67. The van der Waals surface area contributed by atoms with E-state index in [4.69, 9.17) is 9.15 Å². The Kier molecular flexibility index (Phi) is 5.36. The Morgan fingerprint density at radius 1 is 1.35 bits per heavy atom. The Bertz CT molecular complexity index is 589. The van der Waals surface area contributed by atoms with Gasteiger partial charge in [0.05, 0.1) is 6.07 Å². The predicted octanol–water partition coefficient (Wildman–Crippen LogP) is 2.38. The Balaban J connectivity index is 1.83. The molecule has 1 aliphatic rings. The summed E-state index contributed by atoms with van der Waals surface area (Å²) in [7, 11) is 1.70. The van der Waals surface area contributed by atoms with Crippen LogP contribution in [0.3, 0.4) is 0 Å². The summed E-state index contributed by atoms with van der Waals surface area (Å²) in [6, 6.07) is 2.38. The monoisotopic (exact) mass is 324 g/mol. The van der Waals surface area contributed by atoms with E-state index < -0.39 is 23.4 Å². The molecule has 23 heavy (non-hydrogen) atoms. The summed E-state index contributed by atoms with van der Waals surface area (Å²) in [5, 5.41) is 10.5. The van der Waals surface area contributed by atoms with E-state index >= 15 is 0 Å². The fraction of sp³-hybridized carbons (Fsp3) is 0.600. The molecular weight excluding hydrogens is 304 g/mol. The summed E-state index contributed by atoms with van der Waals surface area (Å²) in [5.41, 5.74) is 0. The first-order chi connectivity index (χ1) is 10.9. The SMILES string of the molecule is CC1CCC(N(C)C(=O)COC(=O)c2ccc([N+](=O)[O-])o2)CC1. The maximum absolute atomic E-state index is 12.1. The van der Waals surface area contributed by atoms with Gasteiger partial charge in [-0.05, 0) is 37.7 Å². The number of hydrogen-bond donors (Lipinski definition) is 0. The smallest absolute Gasteiger partial charge is 0.433 e. The van der Waals surface area contributed by atoms with Crippen LogP contribution in [-0.2, 0) is 9.53 Å². The van der Waals surface area contributed by atoms with Crippen LogP contribution in [0.25, 0.3) is 0 Å². The van der Waals surface area contributed by atoms with Crippen molar-refractivity contribution in [3.63, 3.8) is 0 Å². The van der Waals surface area contributed by atoms with Gasteiger partial charge in [-0.15, -0.1) is 0 Å². The molecule has 0 unspecified atom stereocenters. The molecule has 1 saturated carbocycles. The quantitative estimate of drug-likeness (QED) is 0.468. The lowest BCUT2D eigenvalue weighted by Crippen LogP contribution is -2.41. The second-order valence-electron chi connectivity index (χ2n) is 5.89. The Hall–Kier alpha value is -2.38. The van der Waals surface area contributed by atoms with Gasteiger partial charge in [0.2, 0.25) is 5.76 Å². The molecule has 1 aromatic heterocycles. The predicted molar refractivity (Wildman–Crippen MR) is 79.8 cm³/mol. The lowest BCUT2D eigenvalue weighted by Gasteiger charge is -2.33. The molecule has 8 nitrogen and oxygen atoms in total. The second-order valence-corrected chi connectivity index (χ2v) is 5.89. The van der Waals surface area contributed by atoms with E-state index in [1.165, 1.54) is 0 Å². The van der Waals surface area contributed by atoms with E-state index in [0.717, 1.165) is 37.8 Å². The summed E-state index contributed by atoms with van der Waals surface area (Å²) in [6.07, 6.45) is 4.06. The van der Waals surface area contributed by atoms with Crippen LogP contribution < -0.4 is 0 Å². The molecule has 8 heteroatoms. The molecule has 1 heterocycles. The number of carbonyl (C=O) groups is 2. The van der Waals surface area contributed by atoms with Gasteiger partial charge in [0, 0.05) is 13.1 Å². The van der Waals surface area contributed by atoms with Crippen molar-refractivity contribution >= 4 is 17.8 Å². The van der Waals surface area contributed by atoms with E-state index in [2.05, 4.69) is 6.92 Å². The highest BCUT2D eigenvalue weighted by Crippen LogP contribution is 2.26. The van der Waals surface area contributed by atoms with Gasteiger partial charge in [-0.1, -0.05) is 6.92 Å². The molecule has 1 aliphatic carbocycles. The van der Waals surface area contributed by atoms with Crippen molar-refractivity contribution in [2.45, 2.75) is 38.6 Å². The van der Waals surface area contributed by atoms with Crippen molar-refractivity contribution in [2.75, 3.05) is 13.7 Å². The Morgan fingerprint density at radius 3 is 2.57 bits per heavy atom. The zero-order chi connectivity index (χ0) is 17.0. The van der Waals surface area contributed by atoms with Gasteiger partial charge in [-0.25, -0.2) is 4.79 Å². The topological polar surface area (TPSA) is 103 Å². The highest BCUT2D eigenvalue weighted by atomic mass is 16.7. The summed E-state index contributed by atoms with van der Waals surface area (Å²) >= 11 is 0. The Morgan fingerprint density at radius 2 is 2.00 bits per heavy atom. The van der Waals surface area contributed by atoms with Crippen molar-refractivity contribution in [1.29, 1.82) is 0 Å². The number of nitro groups is 1. The first-order valence-electron chi connectivity index (χ1n) is 7.55. The maximum Gasteiger partial charge on any atom is 0.433 e. The van der Waals surface area contributed by atoms with Crippen molar-refractivity contribution in [3.8, 4) is 0 Å². The van der Waals surface area contributed by atoms with Gasteiger partial charge in [-0.3, -0.25) is 14.9 Å². The fourth-order valence-corrected chi connectivity index (χ4v) is 2.67. The zero-order valence-corrected chi connectivity index (χ0v) is 13.2. The molecule has 2 rings (SSSR count).